The molecule has 1 amide bonds. The standard InChI is InChI=1S/C14H30N2OS/c1-6-8-16-14(5,13(15)17)9-12(4)18-10-11(3)7-2/h11-12,16H,6-10H2,1-5H3,(H2,15,17). The molecule has 0 bridgehead atoms. The molecule has 0 aliphatic heterocycles. The molecule has 0 fully saturated rings. The molecular formula is C14H30N2OS. The van der Waals surface area contributed by atoms with E-state index in [0.717, 1.165) is 31.1 Å². The number of carbonyl (C=O) groups is 1. The first-order chi connectivity index (χ1) is 8.35. The van der Waals surface area contributed by atoms with Crippen molar-refractivity contribution in [3.05, 3.63) is 0 Å². The van der Waals surface area contributed by atoms with Gasteiger partial charge in [-0.2, -0.15) is 11.8 Å². The van der Waals surface area contributed by atoms with Crippen LogP contribution in [0.5, 0.6) is 0 Å². The SMILES string of the molecule is CCCNC(C)(CC(C)SCC(C)CC)C(N)=O. The van der Waals surface area contributed by atoms with Crippen LogP contribution < -0.4 is 11.1 Å². The molecule has 3 atom stereocenters. The average Bonchev–Trinajstić information content (AvgIpc) is 2.33. The van der Waals surface area contributed by atoms with Gasteiger partial charge >= 0.3 is 0 Å². The van der Waals surface area contributed by atoms with Crippen LogP contribution in [0.3, 0.4) is 0 Å². The van der Waals surface area contributed by atoms with E-state index < -0.39 is 5.54 Å². The minimum absolute atomic E-state index is 0.244. The Hall–Kier alpha value is -0.220. The second-order valence-corrected chi connectivity index (χ2v) is 6.96. The van der Waals surface area contributed by atoms with Crippen LogP contribution >= 0.6 is 11.8 Å². The Labute approximate surface area is 117 Å². The van der Waals surface area contributed by atoms with Gasteiger partial charge in [0.15, 0.2) is 0 Å². The first-order valence-corrected chi connectivity index (χ1v) is 8.07. The summed E-state index contributed by atoms with van der Waals surface area (Å²) in [4.78, 5) is 11.6. The van der Waals surface area contributed by atoms with E-state index in [-0.39, 0.29) is 5.91 Å². The van der Waals surface area contributed by atoms with Crippen molar-refractivity contribution in [3.63, 3.8) is 0 Å². The van der Waals surface area contributed by atoms with Gasteiger partial charge in [0.25, 0.3) is 0 Å². The first kappa shape index (κ1) is 17.8. The van der Waals surface area contributed by atoms with Crippen molar-refractivity contribution < 1.29 is 4.79 Å². The highest BCUT2D eigenvalue weighted by atomic mass is 32.2. The highest BCUT2D eigenvalue weighted by Crippen LogP contribution is 2.24. The summed E-state index contributed by atoms with van der Waals surface area (Å²) < 4.78 is 0. The molecular weight excluding hydrogens is 244 g/mol. The van der Waals surface area contributed by atoms with Gasteiger partial charge in [-0.05, 0) is 38.0 Å². The average molecular weight is 274 g/mol. The topological polar surface area (TPSA) is 55.1 Å². The van der Waals surface area contributed by atoms with Gasteiger partial charge in [0, 0.05) is 5.25 Å². The summed E-state index contributed by atoms with van der Waals surface area (Å²) in [5.41, 5.74) is 4.96. The maximum atomic E-state index is 11.6. The second kappa shape index (κ2) is 8.81. The van der Waals surface area contributed by atoms with Crippen molar-refractivity contribution in [2.75, 3.05) is 12.3 Å². The Morgan fingerprint density at radius 2 is 2.00 bits per heavy atom. The number of amides is 1. The number of thioether (sulfide) groups is 1. The molecule has 0 rings (SSSR count). The van der Waals surface area contributed by atoms with E-state index in [1.807, 2.05) is 18.7 Å². The molecule has 0 saturated heterocycles. The highest BCUT2D eigenvalue weighted by molar-refractivity contribution is 7.99. The molecule has 3 N–H and O–H groups in total. The van der Waals surface area contributed by atoms with Crippen LogP contribution in [0.1, 0.15) is 53.9 Å². The molecule has 3 nitrogen and oxygen atoms in total. The molecule has 0 aromatic carbocycles. The van der Waals surface area contributed by atoms with Gasteiger partial charge in [-0.25, -0.2) is 0 Å². The fourth-order valence-corrected chi connectivity index (χ4v) is 3.08. The van der Waals surface area contributed by atoms with Crippen molar-refractivity contribution in [3.8, 4) is 0 Å². The second-order valence-electron chi connectivity index (χ2n) is 5.48. The molecule has 0 aromatic rings. The monoisotopic (exact) mass is 274 g/mol. The summed E-state index contributed by atoms with van der Waals surface area (Å²) >= 11 is 1.94. The number of primary amides is 1. The fourth-order valence-electron chi connectivity index (χ4n) is 1.74. The van der Waals surface area contributed by atoms with Crippen molar-refractivity contribution >= 4 is 17.7 Å². The molecule has 0 saturated carbocycles. The molecule has 3 unspecified atom stereocenters. The quantitative estimate of drug-likeness (QED) is 0.644. The molecule has 18 heavy (non-hydrogen) atoms. The Balaban J connectivity index is 4.27. The Kier molecular flexibility index (Phi) is 8.70. The Bertz CT molecular complexity index is 248. The molecule has 108 valence electrons. The van der Waals surface area contributed by atoms with E-state index >= 15 is 0 Å². The molecule has 0 aliphatic rings. The summed E-state index contributed by atoms with van der Waals surface area (Å²) in [5.74, 6) is 1.65. The third-order valence-corrected chi connectivity index (χ3v) is 4.86. The zero-order chi connectivity index (χ0) is 14.2. The van der Waals surface area contributed by atoms with Crippen LogP contribution in [0.4, 0.5) is 0 Å². The largest absolute Gasteiger partial charge is 0.368 e. The van der Waals surface area contributed by atoms with Gasteiger partial charge in [0.2, 0.25) is 5.91 Å². The molecule has 0 spiro atoms. The van der Waals surface area contributed by atoms with E-state index in [1.54, 1.807) is 0 Å². The summed E-state index contributed by atoms with van der Waals surface area (Å²) in [7, 11) is 0. The van der Waals surface area contributed by atoms with Gasteiger partial charge in [-0.3, -0.25) is 4.79 Å². The number of hydrogen-bond donors (Lipinski definition) is 2. The van der Waals surface area contributed by atoms with Crippen molar-refractivity contribution in [1.29, 1.82) is 0 Å². The van der Waals surface area contributed by atoms with Crippen LogP contribution in [0.2, 0.25) is 0 Å². The van der Waals surface area contributed by atoms with Gasteiger partial charge in [0.05, 0.1) is 5.54 Å². The maximum Gasteiger partial charge on any atom is 0.237 e. The van der Waals surface area contributed by atoms with Crippen LogP contribution in [0.25, 0.3) is 0 Å². The molecule has 0 aliphatic carbocycles. The van der Waals surface area contributed by atoms with Crippen LogP contribution in [0, 0.1) is 5.92 Å². The van der Waals surface area contributed by atoms with Gasteiger partial charge in [-0.15, -0.1) is 0 Å². The van der Waals surface area contributed by atoms with Crippen molar-refractivity contribution in [2.24, 2.45) is 11.7 Å². The molecule has 0 aromatic heterocycles. The lowest BCUT2D eigenvalue weighted by Crippen LogP contribution is -2.54. The normalized spacial score (nSPS) is 18.1. The van der Waals surface area contributed by atoms with Crippen LogP contribution in [-0.4, -0.2) is 29.0 Å². The predicted octanol–water partition coefficient (Wildman–Crippen LogP) is 2.79. The zero-order valence-electron chi connectivity index (χ0n) is 12.6. The van der Waals surface area contributed by atoms with E-state index in [0.29, 0.717) is 5.25 Å². The Morgan fingerprint density at radius 1 is 1.39 bits per heavy atom. The van der Waals surface area contributed by atoms with Gasteiger partial charge in [0.1, 0.15) is 0 Å². The minimum Gasteiger partial charge on any atom is -0.368 e. The first-order valence-electron chi connectivity index (χ1n) is 7.02. The number of carbonyl (C=O) groups excluding carboxylic acids is 1. The third kappa shape index (κ3) is 6.64. The number of nitrogens with one attached hydrogen (secondary N) is 1. The van der Waals surface area contributed by atoms with Gasteiger partial charge < -0.3 is 11.1 Å². The number of hydrogen-bond acceptors (Lipinski definition) is 3. The molecule has 0 heterocycles. The predicted molar refractivity (Wildman–Crippen MR) is 81.9 cm³/mol. The van der Waals surface area contributed by atoms with Crippen LogP contribution in [0.15, 0.2) is 0 Å². The smallest absolute Gasteiger partial charge is 0.237 e. The van der Waals surface area contributed by atoms with E-state index in [9.17, 15) is 4.79 Å². The minimum atomic E-state index is -0.572. The third-order valence-electron chi connectivity index (χ3n) is 3.37. The van der Waals surface area contributed by atoms with E-state index in [1.165, 1.54) is 6.42 Å². The number of rotatable bonds is 10. The molecule has 4 heteroatoms. The van der Waals surface area contributed by atoms with Crippen molar-refractivity contribution in [1.82, 2.24) is 5.32 Å². The lowest BCUT2D eigenvalue weighted by atomic mass is 9.95. The van der Waals surface area contributed by atoms with E-state index in [4.69, 9.17) is 5.73 Å². The summed E-state index contributed by atoms with van der Waals surface area (Å²) in [6.45, 7) is 11.5. The van der Waals surface area contributed by atoms with E-state index in [2.05, 4.69) is 33.0 Å². The fraction of sp³-hybridized carbons (Fsp3) is 0.929. The zero-order valence-corrected chi connectivity index (χ0v) is 13.4. The Morgan fingerprint density at radius 3 is 2.44 bits per heavy atom. The summed E-state index contributed by atoms with van der Waals surface area (Å²) in [6, 6.07) is 0. The summed E-state index contributed by atoms with van der Waals surface area (Å²) in [5, 5.41) is 3.74. The molecule has 0 radical (unpaired) electrons. The van der Waals surface area contributed by atoms with Gasteiger partial charge in [-0.1, -0.05) is 34.1 Å². The highest BCUT2D eigenvalue weighted by Gasteiger charge is 2.32. The lowest BCUT2D eigenvalue weighted by molar-refractivity contribution is -0.124. The maximum absolute atomic E-state index is 11.6. The van der Waals surface area contributed by atoms with Crippen molar-refractivity contribution in [2.45, 2.75) is 64.7 Å². The number of nitrogens with two attached hydrogens (primary N) is 1. The lowest BCUT2D eigenvalue weighted by Gasteiger charge is -2.30. The van der Waals surface area contributed by atoms with Crippen LogP contribution in [-0.2, 0) is 4.79 Å². The summed E-state index contributed by atoms with van der Waals surface area (Å²) in [6.07, 6.45) is 3.02.